The first kappa shape index (κ1) is 24.1. The fourth-order valence-corrected chi connectivity index (χ4v) is 4.97. The number of aromatic nitrogens is 4. The topological polar surface area (TPSA) is 126 Å². The summed E-state index contributed by atoms with van der Waals surface area (Å²) in [5.41, 5.74) is 4.07. The van der Waals surface area contributed by atoms with Gasteiger partial charge in [0.25, 0.3) is 5.91 Å². The molecule has 0 unspecified atom stereocenters. The number of nitrogens with zero attached hydrogens (tertiary/aromatic N) is 5. The predicted molar refractivity (Wildman–Crippen MR) is 142 cm³/mol. The summed E-state index contributed by atoms with van der Waals surface area (Å²) in [6.45, 7) is 5.71. The molecular weight excluding hydrogens is 486 g/mol. The van der Waals surface area contributed by atoms with E-state index >= 15 is 0 Å². The third-order valence-corrected chi connectivity index (χ3v) is 7.03. The average molecular weight is 516 g/mol. The van der Waals surface area contributed by atoms with Crippen molar-refractivity contribution in [1.82, 2.24) is 24.7 Å². The van der Waals surface area contributed by atoms with Gasteiger partial charge in [0, 0.05) is 31.4 Å². The number of amides is 1. The molecule has 2 aliphatic rings. The van der Waals surface area contributed by atoms with E-state index in [2.05, 4.69) is 25.5 Å². The van der Waals surface area contributed by atoms with Gasteiger partial charge < -0.3 is 30.1 Å². The third-order valence-electron chi connectivity index (χ3n) is 7.03. The molecule has 11 heteroatoms. The monoisotopic (exact) mass is 515 g/mol. The van der Waals surface area contributed by atoms with Crippen molar-refractivity contribution >= 4 is 28.7 Å². The molecule has 0 aromatic carbocycles. The molecule has 6 rings (SSSR count). The van der Waals surface area contributed by atoms with Crippen LogP contribution >= 0.6 is 0 Å². The number of rotatable bonds is 6. The molecule has 1 fully saturated rings. The zero-order valence-electron chi connectivity index (χ0n) is 21.4. The highest BCUT2D eigenvalue weighted by molar-refractivity contribution is 6.05. The Kier molecular flexibility index (Phi) is 5.88. The Morgan fingerprint density at radius 3 is 2.82 bits per heavy atom. The minimum Gasteiger partial charge on any atom is -0.493 e. The SMILES string of the molecule is COc1cccn2c(-c3ncc(Nc4ccc(N5CCO[C@H](C(C)(C)O)C5)cn4)c4c3CNC4=O)cnc12. The number of aliphatic hydroxyl groups is 1. The summed E-state index contributed by atoms with van der Waals surface area (Å²) in [6.07, 6.45) is 6.79. The van der Waals surface area contributed by atoms with E-state index in [1.165, 1.54) is 0 Å². The van der Waals surface area contributed by atoms with E-state index in [9.17, 15) is 9.90 Å². The number of methoxy groups -OCH3 is 1. The van der Waals surface area contributed by atoms with Gasteiger partial charge in [-0.15, -0.1) is 0 Å². The molecule has 0 saturated carbocycles. The van der Waals surface area contributed by atoms with Gasteiger partial charge in [-0.1, -0.05) is 0 Å². The molecule has 0 spiro atoms. The lowest BCUT2D eigenvalue weighted by atomic mass is 10.00. The standard InChI is InChI=1S/C27H29N7O4/c1-27(2,36)21-15-33(9-10-38-21)16-6-7-22(28-11-16)32-18-13-29-24(17-12-31-26(35)23(17)18)19-14-30-25-20(37-3)5-4-8-34(19)25/h4-8,11,13-14,21,36H,9-10,12,15H2,1-3H3,(H,28,32)(H,31,35)/t21-/m0/s1. The van der Waals surface area contributed by atoms with E-state index in [1.54, 1.807) is 39.5 Å². The van der Waals surface area contributed by atoms with Crippen molar-refractivity contribution in [3.8, 4) is 17.1 Å². The summed E-state index contributed by atoms with van der Waals surface area (Å²) in [4.78, 5) is 28.8. The Bertz CT molecular complexity index is 1510. The molecule has 1 amide bonds. The van der Waals surface area contributed by atoms with Crippen LogP contribution in [0.5, 0.6) is 5.75 Å². The number of carbonyl (C=O) groups excluding carboxylic acids is 1. The minimum absolute atomic E-state index is 0.167. The van der Waals surface area contributed by atoms with Crippen molar-refractivity contribution in [2.75, 3.05) is 37.0 Å². The van der Waals surface area contributed by atoms with Crippen molar-refractivity contribution in [3.05, 3.63) is 60.2 Å². The van der Waals surface area contributed by atoms with Crippen molar-refractivity contribution in [1.29, 1.82) is 0 Å². The van der Waals surface area contributed by atoms with Crippen LogP contribution in [0.2, 0.25) is 0 Å². The van der Waals surface area contributed by atoms with E-state index < -0.39 is 5.60 Å². The first-order valence-electron chi connectivity index (χ1n) is 12.5. The quantitative estimate of drug-likeness (QED) is 0.355. The van der Waals surface area contributed by atoms with Crippen LogP contribution in [0.1, 0.15) is 29.8 Å². The maximum absolute atomic E-state index is 12.9. The van der Waals surface area contributed by atoms with Crippen LogP contribution in [0.3, 0.4) is 0 Å². The molecule has 0 radical (unpaired) electrons. The molecule has 3 N–H and O–H groups in total. The normalized spacial score (nSPS) is 17.4. The lowest BCUT2D eigenvalue weighted by Gasteiger charge is -2.39. The number of imidazole rings is 1. The summed E-state index contributed by atoms with van der Waals surface area (Å²) >= 11 is 0. The summed E-state index contributed by atoms with van der Waals surface area (Å²) in [7, 11) is 1.61. The minimum atomic E-state index is -0.928. The van der Waals surface area contributed by atoms with Crippen molar-refractivity contribution in [3.63, 3.8) is 0 Å². The molecule has 4 aromatic rings. The van der Waals surface area contributed by atoms with Gasteiger partial charge in [0.1, 0.15) is 11.9 Å². The van der Waals surface area contributed by atoms with Gasteiger partial charge in [-0.25, -0.2) is 9.97 Å². The van der Waals surface area contributed by atoms with Gasteiger partial charge in [-0.05, 0) is 38.1 Å². The fraction of sp³-hybridized carbons (Fsp3) is 0.333. The summed E-state index contributed by atoms with van der Waals surface area (Å²) < 4.78 is 13.1. The second kappa shape index (κ2) is 9.26. The van der Waals surface area contributed by atoms with Crippen LogP contribution < -0.4 is 20.3 Å². The van der Waals surface area contributed by atoms with Crippen LogP contribution in [-0.2, 0) is 11.3 Å². The maximum atomic E-state index is 12.9. The van der Waals surface area contributed by atoms with Crippen molar-refractivity contribution in [2.24, 2.45) is 0 Å². The average Bonchev–Trinajstić information content (AvgIpc) is 3.53. The molecule has 38 heavy (non-hydrogen) atoms. The molecule has 1 saturated heterocycles. The maximum Gasteiger partial charge on any atom is 0.254 e. The number of anilines is 3. The first-order valence-corrected chi connectivity index (χ1v) is 12.5. The van der Waals surface area contributed by atoms with E-state index in [0.717, 1.165) is 23.5 Å². The van der Waals surface area contributed by atoms with E-state index in [1.807, 2.05) is 34.9 Å². The number of hydrogen-bond acceptors (Lipinski definition) is 9. The summed E-state index contributed by atoms with van der Waals surface area (Å²) in [6, 6.07) is 7.57. The number of fused-ring (bicyclic) bond motifs is 2. The van der Waals surface area contributed by atoms with Gasteiger partial charge in [-0.3, -0.25) is 14.2 Å². The summed E-state index contributed by atoms with van der Waals surface area (Å²) in [5, 5.41) is 16.5. The number of carbonyl (C=O) groups is 1. The Morgan fingerprint density at radius 1 is 1.18 bits per heavy atom. The van der Waals surface area contributed by atoms with Gasteiger partial charge >= 0.3 is 0 Å². The molecule has 196 valence electrons. The number of morpholine rings is 1. The van der Waals surface area contributed by atoms with Crippen LogP contribution in [0.15, 0.2) is 49.1 Å². The lowest BCUT2D eigenvalue weighted by molar-refractivity contribution is -0.0928. The molecule has 4 aromatic heterocycles. The van der Waals surface area contributed by atoms with Crippen molar-refractivity contribution < 1.29 is 19.4 Å². The largest absolute Gasteiger partial charge is 0.493 e. The second-order valence-corrected chi connectivity index (χ2v) is 9.96. The Balaban J connectivity index is 1.28. The van der Waals surface area contributed by atoms with Crippen LogP contribution in [0, 0.1) is 0 Å². The zero-order chi connectivity index (χ0) is 26.4. The highest BCUT2D eigenvalue weighted by Gasteiger charge is 2.33. The molecule has 0 bridgehead atoms. The van der Waals surface area contributed by atoms with E-state index in [4.69, 9.17) is 14.5 Å². The van der Waals surface area contributed by atoms with E-state index in [-0.39, 0.29) is 12.0 Å². The molecule has 0 aliphatic carbocycles. The second-order valence-electron chi connectivity index (χ2n) is 9.96. The van der Waals surface area contributed by atoms with Crippen molar-refractivity contribution in [2.45, 2.75) is 32.1 Å². The number of nitrogens with one attached hydrogen (secondary N) is 2. The molecule has 2 aliphatic heterocycles. The number of pyridine rings is 3. The molecule has 6 heterocycles. The fourth-order valence-electron chi connectivity index (χ4n) is 4.97. The van der Waals surface area contributed by atoms with Gasteiger partial charge in [-0.2, -0.15) is 0 Å². The third kappa shape index (κ3) is 4.19. The summed E-state index contributed by atoms with van der Waals surface area (Å²) in [5.74, 6) is 1.09. The lowest BCUT2D eigenvalue weighted by Crippen LogP contribution is -2.52. The van der Waals surface area contributed by atoms with Crippen LogP contribution in [0.25, 0.3) is 17.0 Å². The van der Waals surface area contributed by atoms with Gasteiger partial charge in [0.2, 0.25) is 0 Å². The smallest absolute Gasteiger partial charge is 0.254 e. The van der Waals surface area contributed by atoms with Crippen LogP contribution in [0.4, 0.5) is 17.2 Å². The Labute approximate surface area is 219 Å². The molecule has 1 atom stereocenters. The van der Waals surface area contributed by atoms with E-state index in [0.29, 0.717) is 53.9 Å². The zero-order valence-corrected chi connectivity index (χ0v) is 21.4. The number of hydrogen-bond donors (Lipinski definition) is 3. The molecule has 11 nitrogen and oxygen atoms in total. The molecular formula is C27H29N7O4. The highest BCUT2D eigenvalue weighted by Crippen LogP contribution is 2.34. The Hall–Kier alpha value is -4.22. The van der Waals surface area contributed by atoms with Gasteiger partial charge in [0.05, 0.1) is 66.2 Å². The van der Waals surface area contributed by atoms with Crippen LogP contribution in [-0.4, -0.2) is 68.9 Å². The highest BCUT2D eigenvalue weighted by atomic mass is 16.5. The van der Waals surface area contributed by atoms with Gasteiger partial charge in [0.15, 0.2) is 11.4 Å². The predicted octanol–water partition coefficient (Wildman–Crippen LogP) is 2.76. The first-order chi connectivity index (χ1) is 18.3. The Morgan fingerprint density at radius 2 is 2.05 bits per heavy atom. The number of ether oxygens (including phenoxy) is 2.